The number of hydrogen-bond acceptors (Lipinski definition) is 8. The van der Waals surface area contributed by atoms with Crippen molar-refractivity contribution in [2.24, 2.45) is 11.5 Å². The zero-order valence-electron chi connectivity index (χ0n) is 26.9. The van der Waals surface area contributed by atoms with Crippen molar-refractivity contribution in [3.63, 3.8) is 0 Å². The van der Waals surface area contributed by atoms with Gasteiger partial charge in [0.2, 0.25) is 0 Å². The van der Waals surface area contributed by atoms with Crippen molar-refractivity contribution in [1.82, 2.24) is 0 Å². The van der Waals surface area contributed by atoms with E-state index in [0.29, 0.717) is 45.4 Å². The van der Waals surface area contributed by atoms with Crippen molar-refractivity contribution in [3.05, 3.63) is 58.0 Å². The van der Waals surface area contributed by atoms with Gasteiger partial charge in [0, 0.05) is 44.9 Å². The van der Waals surface area contributed by atoms with Crippen molar-refractivity contribution in [3.8, 4) is 34.1 Å². The maximum absolute atomic E-state index is 7.19. The summed E-state index contributed by atoms with van der Waals surface area (Å²) in [5.74, 6) is 4.28. The second-order valence-electron chi connectivity index (χ2n) is 14.9. The molecule has 4 aromatic heterocycles. The molecule has 44 heavy (non-hydrogen) atoms. The average Bonchev–Trinajstić information content (AvgIpc) is 3.72. The Morgan fingerprint density at radius 3 is 1.27 bits per heavy atom. The second-order valence-corrected chi connectivity index (χ2v) is 14.9. The first kappa shape index (κ1) is 27.4. The summed E-state index contributed by atoms with van der Waals surface area (Å²) in [6.45, 7) is 16.6. The molecule has 4 N–H and O–H groups in total. The highest BCUT2D eigenvalue weighted by Gasteiger charge is 2.49. The fourth-order valence-electron chi connectivity index (χ4n) is 7.26. The van der Waals surface area contributed by atoms with E-state index in [4.69, 9.17) is 38.6 Å². The van der Waals surface area contributed by atoms with Crippen LogP contribution in [0.15, 0.2) is 41.9 Å². The predicted octanol–water partition coefficient (Wildman–Crippen LogP) is 8.54. The van der Waals surface area contributed by atoms with Crippen LogP contribution in [0.1, 0.15) is 89.2 Å². The topological polar surface area (TPSA) is 123 Å². The lowest BCUT2D eigenvalue weighted by Gasteiger charge is -2.25. The van der Waals surface area contributed by atoms with Crippen LogP contribution in [0.2, 0.25) is 0 Å². The van der Waals surface area contributed by atoms with Crippen LogP contribution in [0.3, 0.4) is 0 Å². The van der Waals surface area contributed by atoms with Crippen molar-refractivity contribution in [1.29, 1.82) is 0 Å². The van der Waals surface area contributed by atoms with Crippen molar-refractivity contribution in [2.75, 3.05) is 14.2 Å². The SMILES string of the molecule is COc1cc2c(c3c(OC)cc4c(c13)-c1oc3cc(C(C)(C)C)oc3c1C4(C)N)-c1oc3cc(C(C)(C)C)oc3c1C2(C)N. The van der Waals surface area contributed by atoms with Gasteiger partial charge in [-0.1, -0.05) is 41.5 Å². The van der Waals surface area contributed by atoms with Gasteiger partial charge < -0.3 is 38.6 Å². The van der Waals surface area contributed by atoms with Gasteiger partial charge in [0.25, 0.3) is 0 Å². The molecule has 8 heteroatoms. The van der Waals surface area contributed by atoms with Crippen LogP contribution in [0.5, 0.6) is 11.5 Å². The number of methoxy groups -OCH3 is 2. The van der Waals surface area contributed by atoms with Crippen LogP contribution < -0.4 is 20.9 Å². The molecular weight excluding hydrogens is 556 g/mol. The summed E-state index contributed by atoms with van der Waals surface area (Å²) >= 11 is 0. The van der Waals surface area contributed by atoms with Crippen LogP contribution in [-0.2, 0) is 21.9 Å². The molecule has 6 aromatic rings. The minimum atomic E-state index is -0.921. The molecule has 2 aliphatic rings. The number of hydrogen-bond donors (Lipinski definition) is 2. The van der Waals surface area contributed by atoms with Gasteiger partial charge >= 0.3 is 0 Å². The lowest BCUT2D eigenvalue weighted by Crippen LogP contribution is -2.32. The molecule has 0 saturated carbocycles. The van der Waals surface area contributed by atoms with Crippen LogP contribution in [0, 0.1) is 0 Å². The third kappa shape index (κ3) is 3.15. The Kier molecular flexibility index (Phi) is 4.93. The van der Waals surface area contributed by atoms with Gasteiger partial charge in [-0.05, 0) is 37.1 Å². The zero-order valence-corrected chi connectivity index (χ0v) is 26.9. The molecule has 2 atom stereocenters. The van der Waals surface area contributed by atoms with E-state index in [1.54, 1.807) is 14.2 Å². The monoisotopic (exact) mass is 594 g/mol. The fourth-order valence-corrected chi connectivity index (χ4v) is 7.26. The fraction of sp³-hybridized carbons (Fsp3) is 0.389. The third-order valence-corrected chi connectivity index (χ3v) is 9.59. The number of nitrogens with two attached hydrogens (primary N) is 2. The van der Waals surface area contributed by atoms with Crippen LogP contribution in [-0.4, -0.2) is 14.2 Å². The summed E-state index contributed by atoms with van der Waals surface area (Å²) in [5.41, 5.74) is 19.9. The molecule has 0 amide bonds. The van der Waals surface area contributed by atoms with Gasteiger partial charge in [-0.2, -0.15) is 0 Å². The molecule has 2 aromatic carbocycles. The molecule has 228 valence electrons. The van der Waals surface area contributed by atoms with E-state index in [2.05, 4.69) is 41.5 Å². The number of fused-ring (bicyclic) bond motifs is 13. The molecular formula is C36H38N2O6. The quantitative estimate of drug-likeness (QED) is 0.204. The van der Waals surface area contributed by atoms with E-state index in [1.165, 1.54) is 0 Å². The van der Waals surface area contributed by atoms with Gasteiger partial charge in [0.05, 0.1) is 36.4 Å². The van der Waals surface area contributed by atoms with Gasteiger partial charge in [-0.25, -0.2) is 0 Å². The lowest BCUT2D eigenvalue weighted by molar-refractivity contribution is 0.413. The Morgan fingerprint density at radius 2 is 0.955 bits per heavy atom. The zero-order chi connectivity index (χ0) is 31.5. The van der Waals surface area contributed by atoms with Crippen molar-refractivity contribution in [2.45, 2.75) is 77.3 Å². The number of rotatable bonds is 2. The maximum Gasteiger partial charge on any atom is 0.178 e. The summed E-state index contributed by atoms with van der Waals surface area (Å²) in [5, 5.41) is 1.63. The van der Waals surface area contributed by atoms with Gasteiger partial charge in [-0.3, -0.25) is 0 Å². The molecule has 2 aliphatic carbocycles. The first-order valence-corrected chi connectivity index (χ1v) is 15.0. The lowest BCUT2D eigenvalue weighted by atomic mass is 9.85. The standard InChI is InChI=1S/C36H38N2O6/c1-33(2,3)21-13-19-29(43-21)27-31(41-19)23-15(35(27,7)37)11-17(39-9)26-24-16(12-18(40-10)25(23)26)36(8,38)28-30-20(42-32(24)28)14-22(44-30)34(4,5)6/h11-14H,37-38H2,1-10H3. The smallest absolute Gasteiger partial charge is 0.178 e. The third-order valence-electron chi connectivity index (χ3n) is 9.59. The molecule has 2 unspecified atom stereocenters. The van der Waals surface area contributed by atoms with E-state index < -0.39 is 11.1 Å². The van der Waals surface area contributed by atoms with E-state index in [-0.39, 0.29) is 10.8 Å². The van der Waals surface area contributed by atoms with E-state index in [9.17, 15) is 0 Å². The Balaban J connectivity index is 1.49. The van der Waals surface area contributed by atoms with Crippen LogP contribution in [0.4, 0.5) is 0 Å². The Hall–Kier alpha value is -4.14. The Morgan fingerprint density at radius 1 is 0.591 bits per heavy atom. The summed E-state index contributed by atoms with van der Waals surface area (Å²) in [4.78, 5) is 0. The second kappa shape index (κ2) is 7.92. The maximum atomic E-state index is 7.19. The highest BCUT2D eigenvalue weighted by Crippen LogP contribution is 2.62. The van der Waals surface area contributed by atoms with Gasteiger partial charge in [0.15, 0.2) is 22.3 Å². The molecule has 0 aliphatic heterocycles. The summed E-state index contributed by atoms with van der Waals surface area (Å²) in [7, 11) is 3.32. The molecule has 8 nitrogen and oxygen atoms in total. The molecule has 0 bridgehead atoms. The van der Waals surface area contributed by atoms with Gasteiger partial charge in [-0.15, -0.1) is 0 Å². The molecule has 4 heterocycles. The molecule has 0 radical (unpaired) electrons. The Bertz CT molecular complexity index is 2060. The van der Waals surface area contributed by atoms with Gasteiger partial charge in [0.1, 0.15) is 34.5 Å². The minimum Gasteiger partial charge on any atom is -0.496 e. The normalized spacial score (nSPS) is 20.9. The first-order chi connectivity index (χ1) is 20.5. The summed E-state index contributed by atoms with van der Waals surface area (Å²) in [6.07, 6.45) is 0. The van der Waals surface area contributed by atoms with Crippen LogP contribution in [0.25, 0.3) is 55.8 Å². The number of ether oxygens (including phenoxy) is 2. The van der Waals surface area contributed by atoms with Crippen LogP contribution >= 0.6 is 0 Å². The first-order valence-electron chi connectivity index (χ1n) is 15.0. The van der Waals surface area contributed by atoms with Crippen molar-refractivity contribution >= 4 is 33.1 Å². The summed E-state index contributed by atoms with van der Waals surface area (Å²) < 4.78 is 38.3. The average molecular weight is 595 g/mol. The summed E-state index contributed by atoms with van der Waals surface area (Å²) in [6, 6.07) is 7.95. The molecule has 0 fully saturated rings. The molecule has 8 rings (SSSR count). The van der Waals surface area contributed by atoms with Crippen molar-refractivity contribution < 1.29 is 27.1 Å². The highest BCUT2D eigenvalue weighted by molar-refractivity contribution is 6.16. The molecule has 0 spiro atoms. The Labute approximate surface area is 255 Å². The molecule has 0 saturated heterocycles. The number of benzene rings is 2. The van der Waals surface area contributed by atoms with E-state index >= 15 is 0 Å². The van der Waals surface area contributed by atoms with E-state index in [0.717, 1.165) is 55.7 Å². The predicted molar refractivity (Wildman–Crippen MR) is 171 cm³/mol. The number of furan rings is 4. The minimum absolute atomic E-state index is 0.187. The highest BCUT2D eigenvalue weighted by atomic mass is 16.5. The largest absolute Gasteiger partial charge is 0.496 e. The van der Waals surface area contributed by atoms with E-state index in [1.807, 2.05) is 38.1 Å².